The molecule has 0 bridgehead atoms. The molecular weight excluding hydrogens is 224 g/mol. The minimum atomic E-state index is -0.825. The van der Waals surface area contributed by atoms with Gasteiger partial charge in [0.25, 0.3) is 0 Å². The number of hydrogen-bond acceptors (Lipinski definition) is 3. The van der Waals surface area contributed by atoms with Crippen LogP contribution in [-0.4, -0.2) is 55.4 Å². The number of unbranched alkanes of at least 4 members (excludes halogenated alkanes) is 2. The fourth-order valence-corrected chi connectivity index (χ4v) is 1.66. The van der Waals surface area contributed by atoms with Crippen LogP contribution in [0.15, 0.2) is 0 Å². The standard InChI is InChI=1S/C11H20N2O4/c1-17-6-4-2-3-5-12-11(16)13-7-9(8-13)10(14)15/h9H,2-8H2,1H3,(H,12,16)(H,14,15). The van der Waals surface area contributed by atoms with Crippen LogP contribution in [0.1, 0.15) is 19.3 Å². The van der Waals surface area contributed by atoms with E-state index >= 15 is 0 Å². The molecule has 1 aliphatic heterocycles. The first kappa shape index (κ1) is 13.8. The topological polar surface area (TPSA) is 78.9 Å². The number of amides is 2. The molecule has 0 aromatic carbocycles. The largest absolute Gasteiger partial charge is 0.481 e. The summed E-state index contributed by atoms with van der Waals surface area (Å²) in [6.45, 7) is 2.03. The maximum Gasteiger partial charge on any atom is 0.317 e. The summed E-state index contributed by atoms with van der Waals surface area (Å²) in [6, 6.07) is -0.158. The molecule has 0 unspecified atom stereocenters. The highest BCUT2D eigenvalue weighted by Crippen LogP contribution is 2.15. The minimum absolute atomic E-state index is 0.158. The Hall–Kier alpha value is -1.30. The van der Waals surface area contributed by atoms with Crippen molar-refractivity contribution in [1.82, 2.24) is 10.2 Å². The number of likely N-dealkylation sites (tertiary alicyclic amines) is 1. The molecule has 0 aliphatic carbocycles. The van der Waals surface area contributed by atoms with Gasteiger partial charge in [0.2, 0.25) is 0 Å². The molecule has 0 aromatic heterocycles. The third-order valence-corrected chi connectivity index (χ3v) is 2.82. The number of nitrogens with one attached hydrogen (secondary N) is 1. The maximum atomic E-state index is 11.5. The molecule has 98 valence electrons. The van der Waals surface area contributed by atoms with E-state index in [9.17, 15) is 9.59 Å². The molecule has 0 spiro atoms. The van der Waals surface area contributed by atoms with Gasteiger partial charge in [0.15, 0.2) is 0 Å². The number of carbonyl (C=O) groups is 2. The SMILES string of the molecule is COCCCCCNC(=O)N1CC(C(=O)O)C1. The van der Waals surface area contributed by atoms with E-state index in [1.807, 2.05) is 0 Å². The van der Waals surface area contributed by atoms with Crippen molar-refractivity contribution in [1.29, 1.82) is 0 Å². The van der Waals surface area contributed by atoms with Crippen molar-refractivity contribution in [3.05, 3.63) is 0 Å². The van der Waals surface area contributed by atoms with Crippen LogP contribution in [0.25, 0.3) is 0 Å². The number of urea groups is 1. The zero-order valence-electron chi connectivity index (χ0n) is 10.1. The highest BCUT2D eigenvalue weighted by Gasteiger charge is 2.35. The Labute approximate surface area is 101 Å². The van der Waals surface area contributed by atoms with Gasteiger partial charge in [0.05, 0.1) is 5.92 Å². The summed E-state index contributed by atoms with van der Waals surface area (Å²) in [5, 5.41) is 11.4. The highest BCUT2D eigenvalue weighted by molar-refractivity contribution is 5.79. The second-order valence-electron chi connectivity index (χ2n) is 4.23. The summed E-state index contributed by atoms with van der Waals surface area (Å²) in [4.78, 5) is 23.5. The van der Waals surface area contributed by atoms with Gasteiger partial charge in [-0.1, -0.05) is 0 Å². The highest BCUT2D eigenvalue weighted by atomic mass is 16.5. The Morgan fingerprint density at radius 1 is 1.35 bits per heavy atom. The Bertz CT molecular complexity index is 264. The van der Waals surface area contributed by atoms with Gasteiger partial charge in [-0.2, -0.15) is 0 Å². The Kier molecular flexibility index (Phi) is 5.76. The van der Waals surface area contributed by atoms with Crippen LogP contribution >= 0.6 is 0 Å². The molecular formula is C11H20N2O4. The van der Waals surface area contributed by atoms with E-state index in [1.54, 1.807) is 7.11 Å². The third-order valence-electron chi connectivity index (χ3n) is 2.82. The Morgan fingerprint density at radius 2 is 2.06 bits per heavy atom. The first-order valence-electron chi connectivity index (χ1n) is 5.89. The first-order chi connectivity index (χ1) is 8.15. The summed E-state index contributed by atoms with van der Waals surface area (Å²) >= 11 is 0. The Morgan fingerprint density at radius 3 is 2.65 bits per heavy atom. The number of carbonyl (C=O) groups excluding carboxylic acids is 1. The quantitative estimate of drug-likeness (QED) is 0.640. The van der Waals surface area contributed by atoms with E-state index in [2.05, 4.69) is 5.32 Å². The van der Waals surface area contributed by atoms with Crippen LogP contribution in [-0.2, 0) is 9.53 Å². The molecule has 6 nitrogen and oxygen atoms in total. The number of rotatable bonds is 7. The van der Waals surface area contributed by atoms with Gasteiger partial charge >= 0.3 is 12.0 Å². The van der Waals surface area contributed by atoms with Crippen LogP contribution in [0.2, 0.25) is 0 Å². The van der Waals surface area contributed by atoms with Crippen LogP contribution < -0.4 is 5.32 Å². The molecule has 0 radical (unpaired) electrons. The summed E-state index contributed by atoms with van der Waals surface area (Å²) in [5.74, 6) is -1.21. The van der Waals surface area contributed by atoms with Crippen LogP contribution in [0, 0.1) is 5.92 Å². The van der Waals surface area contributed by atoms with E-state index in [0.29, 0.717) is 19.6 Å². The number of ether oxygens (including phenoxy) is 1. The average molecular weight is 244 g/mol. The lowest BCUT2D eigenvalue weighted by molar-refractivity contribution is -0.146. The number of carboxylic acids is 1. The van der Waals surface area contributed by atoms with Crippen molar-refractivity contribution >= 4 is 12.0 Å². The van der Waals surface area contributed by atoms with Crippen LogP contribution in [0.5, 0.6) is 0 Å². The van der Waals surface area contributed by atoms with Gasteiger partial charge in [-0.05, 0) is 19.3 Å². The predicted octanol–water partition coefficient (Wildman–Crippen LogP) is 0.529. The zero-order valence-corrected chi connectivity index (χ0v) is 10.1. The molecule has 1 aliphatic rings. The van der Waals surface area contributed by atoms with Gasteiger partial charge in [-0.25, -0.2) is 4.79 Å². The molecule has 1 rings (SSSR count). The molecule has 0 atom stereocenters. The molecule has 2 amide bonds. The second-order valence-corrected chi connectivity index (χ2v) is 4.23. The first-order valence-corrected chi connectivity index (χ1v) is 5.89. The molecule has 0 aromatic rings. The van der Waals surface area contributed by atoms with Crippen molar-refractivity contribution in [3.63, 3.8) is 0 Å². The van der Waals surface area contributed by atoms with Crippen molar-refractivity contribution in [2.75, 3.05) is 33.4 Å². The Balaban J connectivity index is 1.98. The fraction of sp³-hybridized carbons (Fsp3) is 0.818. The molecule has 17 heavy (non-hydrogen) atoms. The van der Waals surface area contributed by atoms with Gasteiger partial charge in [0.1, 0.15) is 0 Å². The monoisotopic (exact) mass is 244 g/mol. The van der Waals surface area contributed by atoms with E-state index in [0.717, 1.165) is 25.9 Å². The number of carboxylic acid groups (broad SMARTS) is 1. The van der Waals surface area contributed by atoms with Crippen molar-refractivity contribution < 1.29 is 19.4 Å². The molecule has 1 heterocycles. The lowest BCUT2D eigenvalue weighted by Crippen LogP contribution is -2.56. The summed E-state index contributed by atoms with van der Waals surface area (Å²) in [5.41, 5.74) is 0. The summed E-state index contributed by atoms with van der Waals surface area (Å²) < 4.78 is 4.92. The fourth-order valence-electron chi connectivity index (χ4n) is 1.66. The molecule has 6 heteroatoms. The molecule has 2 N–H and O–H groups in total. The van der Waals surface area contributed by atoms with Crippen LogP contribution in [0.3, 0.4) is 0 Å². The van der Waals surface area contributed by atoms with Crippen LogP contribution in [0.4, 0.5) is 4.79 Å². The number of nitrogens with zero attached hydrogens (tertiary/aromatic N) is 1. The van der Waals surface area contributed by atoms with E-state index in [4.69, 9.17) is 9.84 Å². The average Bonchev–Trinajstić information content (AvgIpc) is 2.20. The van der Waals surface area contributed by atoms with Crippen molar-refractivity contribution in [3.8, 4) is 0 Å². The van der Waals surface area contributed by atoms with Gasteiger partial charge in [-0.15, -0.1) is 0 Å². The van der Waals surface area contributed by atoms with Gasteiger partial charge in [0, 0.05) is 33.4 Å². The maximum absolute atomic E-state index is 11.5. The van der Waals surface area contributed by atoms with Crippen molar-refractivity contribution in [2.24, 2.45) is 5.92 Å². The molecule has 0 saturated carbocycles. The normalized spacial score (nSPS) is 15.5. The predicted molar refractivity (Wildman–Crippen MR) is 61.8 cm³/mol. The van der Waals surface area contributed by atoms with Gasteiger partial charge < -0.3 is 20.1 Å². The lowest BCUT2D eigenvalue weighted by atomic mass is 10.0. The number of aliphatic carboxylic acids is 1. The van der Waals surface area contributed by atoms with E-state index in [1.165, 1.54) is 4.90 Å². The van der Waals surface area contributed by atoms with Gasteiger partial charge in [-0.3, -0.25) is 4.79 Å². The summed E-state index contributed by atoms with van der Waals surface area (Å²) in [6.07, 6.45) is 2.94. The minimum Gasteiger partial charge on any atom is -0.481 e. The van der Waals surface area contributed by atoms with Crippen molar-refractivity contribution in [2.45, 2.75) is 19.3 Å². The van der Waals surface area contributed by atoms with E-state index < -0.39 is 5.97 Å². The second kappa shape index (κ2) is 7.11. The molecule has 1 fully saturated rings. The van der Waals surface area contributed by atoms with E-state index in [-0.39, 0.29) is 11.9 Å². The zero-order chi connectivity index (χ0) is 12.7. The number of hydrogen-bond donors (Lipinski definition) is 2. The third kappa shape index (κ3) is 4.60. The molecule has 1 saturated heterocycles. The number of methoxy groups -OCH3 is 1. The summed E-state index contributed by atoms with van der Waals surface area (Å²) in [7, 11) is 1.67. The smallest absolute Gasteiger partial charge is 0.317 e. The lowest BCUT2D eigenvalue weighted by Gasteiger charge is -2.36.